The molecule has 0 bridgehead atoms. The van der Waals surface area contributed by atoms with Crippen molar-refractivity contribution in [3.63, 3.8) is 0 Å². The van der Waals surface area contributed by atoms with Crippen molar-refractivity contribution in [2.75, 3.05) is 13.1 Å². The quantitative estimate of drug-likeness (QED) is 0.720. The molecule has 2 aromatic rings. The highest BCUT2D eigenvalue weighted by Crippen LogP contribution is 2.41. The smallest absolute Gasteiger partial charge is 0.313 e. The van der Waals surface area contributed by atoms with Gasteiger partial charge in [0.25, 0.3) is 0 Å². The van der Waals surface area contributed by atoms with Gasteiger partial charge in [-0.25, -0.2) is 9.67 Å². The van der Waals surface area contributed by atoms with Crippen LogP contribution in [0.15, 0.2) is 30.7 Å². The minimum Gasteiger partial charge on any atom is -0.328 e. The predicted molar refractivity (Wildman–Crippen MR) is 83.9 cm³/mol. The molecule has 1 aliphatic heterocycles. The van der Waals surface area contributed by atoms with Crippen LogP contribution in [-0.4, -0.2) is 60.2 Å². The van der Waals surface area contributed by atoms with Gasteiger partial charge in [-0.2, -0.15) is 5.26 Å². The summed E-state index contributed by atoms with van der Waals surface area (Å²) in [4.78, 5) is 31.9. The number of hydrogen-bond donors (Lipinski definition) is 0. The van der Waals surface area contributed by atoms with Gasteiger partial charge in [0.2, 0.25) is 0 Å². The van der Waals surface area contributed by atoms with Crippen LogP contribution in [0.1, 0.15) is 18.4 Å². The highest BCUT2D eigenvalue weighted by atomic mass is 16.2. The van der Waals surface area contributed by atoms with E-state index in [1.165, 1.54) is 14.5 Å². The molecule has 3 heterocycles. The van der Waals surface area contributed by atoms with E-state index < -0.39 is 17.4 Å². The van der Waals surface area contributed by atoms with E-state index in [2.05, 4.69) is 21.4 Å². The molecular weight excluding hydrogens is 322 g/mol. The molecule has 9 nitrogen and oxygen atoms in total. The van der Waals surface area contributed by atoms with Gasteiger partial charge in [-0.3, -0.25) is 9.59 Å². The molecule has 2 aromatic heterocycles. The van der Waals surface area contributed by atoms with Gasteiger partial charge in [0.15, 0.2) is 5.82 Å². The Balaban J connectivity index is 1.44. The highest BCUT2D eigenvalue weighted by molar-refractivity contribution is 6.35. The normalized spacial score (nSPS) is 19.0. The van der Waals surface area contributed by atoms with E-state index in [0.29, 0.717) is 38.3 Å². The third kappa shape index (κ3) is 2.61. The molecule has 0 aromatic carbocycles. The van der Waals surface area contributed by atoms with Gasteiger partial charge in [-0.15, -0.1) is 5.10 Å². The third-order valence-electron chi connectivity index (χ3n) is 4.60. The first kappa shape index (κ1) is 15.3. The van der Waals surface area contributed by atoms with Crippen molar-refractivity contribution < 1.29 is 9.59 Å². The first-order valence-electron chi connectivity index (χ1n) is 7.97. The van der Waals surface area contributed by atoms with Crippen LogP contribution >= 0.6 is 0 Å². The molecule has 0 spiro atoms. The summed E-state index contributed by atoms with van der Waals surface area (Å²) >= 11 is 0. The first-order chi connectivity index (χ1) is 12.1. The maximum absolute atomic E-state index is 12.4. The summed E-state index contributed by atoms with van der Waals surface area (Å²) in [6.07, 6.45) is 6.20. The minimum absolute atomic E-state index is 0.308. The molecule has 0 atom stereocenters. The fourth-order valence-electron chi connectivity index (χ4n) is 2.99. The lowest BCUT2D eigenvalue weighted by molar-refractivity contribution is -0.158. The number of nitrogens with zero attached hydrogens (tertiary/aromatic N) is 7. The molecule has 4 rings (SSSR count). The SMILES string of the molecule is N#CC1(N2CCN(Cc3ccc(-n4ccnn4)nc3)C(=O)C2=O)CC1. The summed E-state index contributed by atoms with van der Waals surface area (Å²) < 4.78 is 1.54. The minimum atomic E-state index is -0.750. The fourth-order valence-corrected chi connectivity index (χ4v) is 2.99. The number of amides is 2. The maximum atomic E-state index is 12.4. The standard InChI is InChI=1S/C16H15N7O2/c17-11-16(3-4-16)22-8-7-21(14(24)15(22)25)10-12-1-2-13(18-9-12)23-6-5-19-20-23/h1-2,5-6,9H,3-4,7-8,10H2. The molecule has 1 saturated carbocycles. The van der Waals surface area contributed by atoms with Crippen molar-refractivity contribution in [2.45, 2.75) is 24.9 Å². The predicted octanol–water partition coefficient (Wildman–Crippen LogP) is -0.111. The summed E-state index contributed by atoms with van der Waals surface area (Å²) in [5, 5.41) is 16.8. The molecule has 2 amide bonds. The van der Waals surface area contributed by atoms with Crippen LogP contribution in [0, 0.1) is 11.3 Å². The number of aromatic nitrogens is 4. The lowest BCUT2D eigenvalue weighted by Gasteiger charge is -2.36. The van der Waals surface area contributed by atoms with E-state index in [1.807, 2.05) is 6.07 Å². The molecule has 0 radical (unpaired) electrons. The van der Waals surface area contributed by atoms with Crippen LogP contribution in [0.2, 0.25) is 0 Å². The van der Waals surface area contributed by atoms with Crippen LogP contribution in [-0.2, 0) is 16.1 Å². The van der Waals surface area contributed by atoms with Crippen molar-refractivity contribution in [2.24, 2.45) is 0 Å². The van der Waals surface area contributed by atoms with E-state index in [9.17, 15) is 14.9 Å². The number of pyridine rings is 1. The number of nitriles is 1. The van der Waals surface area contributed by atoms with Gasteiger partial charge in [-0.05, 0) is 24.5 Å². The van der Waals surface area contributed by atoms with Gasteiger partial charge >= 0.3 is 11.8 Å². The average molecular weight is 337 g/mol. The number of piperazine rings is 1. The highest BCUT2D eigenvalue weighted by Gasteiger charge is 2.53. The molecule has 9 heteroatoms. The third-order valence-corrected chi connectivity index (χ3v) is 4.60. The monoisotopic (exact) mass is 337 g/mol. The van der Waals surface area contributed by atoms with Crippen LogP contribution in [0.4, 0.5) is 0 Å². The molecule has 0 unspecified atom stereocenters. The van der Waals surface area contributed by atoms with Crippen LogP contribution in [0.5, 0.6) is 0 Å². The zero-order valence-corrected chi connectivity index (χ0v) is 13.4. The Morgan fingerprint density at radius 1 is 1.20 bits per heavy atom. The topological polar surface area (TPSA) is 108 Å². The summed E-state index contributed by atoms with van der Waals surface area (Å²) in [5.74, 6) is -0.524. The van der Waals surface area contributed by atoms with Gasteiger partial charge < -0.3 is 9.80 Å². The second-order valence-electron chi connectivity index (χ2n) is 6.20. The van der Waals surface area contributed by atoms with Crippen LogP contribution in [0.3, 0.4) is 0 Å². The Hall–Kier alpha value is -3.28. The van der Waals surface area contributed by atoms with Crippen molar-refractivity contribution in [1.29, 1.82) is 5.26 Å². The summed E-state index contributed by atoms with van der Waals surface area (Å²) in [6.45, 7) is 1.12. The lowest BCUT2D eigenvalue weighted by Crippen LogP contribution is -2.57. The maximum Gasteiger partial charge on any atom is 0.313 e. The molecule has 25 heavy (non-hydrogen) atoms. The zero-order chi connectivity index (χ0) is 17.4. The van der Waals surface area contributed by atoms with E-state index >= 15 is 0 Å². The Labute approximate surface area is 143 Å². The Bertz CT molecular complexity index is 850. The van der Waals surface area contributed by atoms with Crippen molar-refractivity contribution in [1.82, 2.24) is 29.8 Å². The number of hydrogen-bond acceptors (Lipinski definition) is 6. The van der Waals surface area contributed by atoms with E-state index in [4.69, 9.17) is 0 Å². The average Bonchev–Trinajstić information content (AvgIpc) is 3.23. The van der Waals surface area contributed by atoms with Crippen LogP contribution in [0.25, 0.3) is 5.82 Å². The Morgan fingerprint density at radius 3 is 2.64 bits per heavy atom. The van der Waals surface area contributed by atoms with E-state index in [1.54, 1.807) is 24.7 Å². The second-order valence-corrected chi connectivity index (χ2v) is 6.20. The zero-order valence-electron chi connectivity index (χ0n) is 13.4. The van der Waals surface area contributed by atoms with Gasteiger partial charge in [0.1, 0.15) is 5.54 Å². The van der Waals surface area contributed by atoms with Gasteiger partial charge in [0, 0.05) is 25.8 Å². The second kappa shape index (κ2) is 5.66. The molecule has 1 saturated heterocycles. The molecule has 0 N–H and O–H groups in total. The van der Waals surface area contributed by atoms with Crippen molar-refractivity contribution in [3.8, 4) is 11.9 Å². The fraction of sp³-hybridized carbons (Fsp3) is 0.375. The number of carbonyl (C=O) groups excluding carboxylic acids is 2. The summed E-state index contributed by atoms with van der Waals surface area (Å²) in [5.41, 5.74) is 0.0692. The summed E-state index contributed by atoms with van der Waals surface area (Å²) in [6, 6.07) is 5.79. The van der Waals surface area contributed by atoms with Gasteiger partial charge in [-0.1, -0.05) is 11.3 Å². The molecule has 2 fully saturated rings. The number of rotatable bonds is 4. The lowest BCUT2D eigenvalue weighted by atomic mass is 10.1. The van der Waals surface area contributed by atoms with Gasteiger partial charge in [0.05, 0.1) is 18.5 Å². The van der Waals surface area contributed by atoms with E-state index in [-0.39, 0.29) is 0 Å². The van der Waals surface area contributed by atoms with Crippen molar-refractivity contribution >= 4 is 11.8 Å². The summed E-state index contributed by atoms with van der Waals surface area (Å²) in [7, 11) is 0. The molecular formula is C16H15N7O2. The Kier molecular flexibility index (Phi) is 3.46. The van der Waals surface area contributed by atoms with E-state index in [0.717, 1.165) is 5.56 Å². The largest absolute Gasteiger partial charge is 0.328 e. The number of carbonyl (C=O) groups is 2. The first-order valence-corrected chi connectivity index (χ1v) is 7.97. The van der Waals surface area contributed by atoms with Crippen LogP contribution < -0.4 is 0 Å². The molecule has 126 valence electrons. The molecule has 2 aliphatic rings. The Morgan fingerprint density at radius 2 is 2.04 bits per heavy atom. The molecule has 1 aliphatic carbocycles. The van der Waals surface area contributed by atoms with Crippen molar-refractivity contribution in [3.05, 3.63) is 36.3 Å².